The van der Waals surface area contributed by atoms with Gasteiger partial charge in [0.2, 0.25) is 0 Å². The molecule has 8 heteroatoms. The molecule has 3 aromatic heterocycles. The molecule has 0 N–H and O–H groups in total. The van der Waals surface area contributed by atoms with Crippen molar-refractivity contribution >= 4 is 16.9 Å². The molecule has 0 saturated carbocycles. The Kier molecular flexibility index (Phi) is 4.46. The first-order chi connectivity index (χ1) is 14.2. The second-order valence-corrected chi connectivity index (χ2v) is 7.43. The van der Waals surface area contributed by atoms with Gasteiger partial charge in [0.1, 0.15) is 22.9 Å². The zero-order chi connectivity index (χ0) is 19.8. The minimum atomic E-state index is 0.549. The maximum atomic E-state index is 5.36. The van der Waals surface area contributed by atoms with Crippen molar-refractivity contribution in [2.24, 2.45) is 0 Å². The van der Waals surface area contributed by atoms with Crippen molar-refractivity contribution in [1.82, 2.24) is 29.9 Å². The largest absolute Gasteiger partial charge is 0.354 e. The number of anilines is 1. The Labute approximate surface area is 168 Å². The molecule has 5 rings (SSSR count). The topological polar surface area (TPSA) is 85.8 Å². The van der Waals surface area contributed by atoms with Crippen LogP contribution in [0.3, 0.4) is 0 Å². The van der Waals surface area contributed by atoms with Crippen LogP contribution in [0.5, 0.6) is 0 Å². The van der Waals surface area contributed by atoms with E-state index in [0.717, 1.165) is 67.4 Å². The highest BCUT2D eigenvalue weighted by Gasteiger charge is 2.23. The molecule has 0 radical (unpaired) electrons. The molecule has 4 aromatic rings. The fourth-order valence-electron chi connectivity index (χ4n) is 3.87. The Balaban J connectivity index is 1.33. The first-order valence-electron chi connectivity index (χ1n) is 9.99. The van der Waals surface area contributed by atoms with Crippen molar-refractivity contribution in [2.75, 3.05) is 18.0 Å². The number of nitrogens with zero attached hydrogens (tertiary/aromatic N) is 7. The van der Waals surface area contributed by atoms with E-state index in [4.69, 9.17) is 19.6 Å². The number of hydrogen-bond acceptors (Lipinski definition) is 7. The van der Waals surface area contributed by atoms with E-state index in [2.05, 4.69) is 39.3 Å². The molecule has 8 nitrogen and oxygen atoms in total. The predicted molar refractivity (Wildman–Crippen MR) is 109 cm³/mol. The van der Waals surface area contributed by atoms with Crippen LogP contribution in [-0.4, -0.2) is 43.0 Å². The average molecular weight is 389 g/mol. The van der Waals surface area contributed by atoms with Gasteiger partial charge in [-0.05, 0) is 25.8 Å². The standard InChI is InChI=1S/C21H23N7O/c1-14-19-20(22-15(2)23-21(19)29-26-14)27-11-10-18-24-17(25-28(18)13-12-27)9-8-16-6-4-3-5-7-16/h3-7H,8-13H2,1-2H3. The van der Waals surface area contributed by atoms with E-state index in [1.54, 1.807) is 0 Å². The normalized spacial score (nSPS) is 14.2. The summed E-state index contributed by atoms with van der Waals surface area (Å²) >= 11 is 0. The molecule has 148 valence electrons. The van der Waals surface area contributed by atoms with Crippen LogP contribution in [0, 0.1) is 13.8 Å². The number of hydrogen-bond donors (Lipinski definition) is 0. The van der Waals surface area contributed by atoms with Crippen LogP contribution < -0.4 is 4.90 Å². The first-order valence-corrected chi connectivity index (χ1v) is 9.99. The monoisotopic (exact) mass is 389 g/mol. The highest BCUT2D eigenvalue weighted by Crippen LogP contribution is 2.27. The summed E-state index contributed by atoms with van der Waals surface area (Å²) < 4.78 is 7.41. The lowest BCUT2D eigenvalue weighted by atomic mass is 10.1. The molecule has 0 atom stereocenters. The molecule has 0 unspecified atom stereocenters. The Bertz CT molecular complexity index is 1120. The van der Waals surface area contributed by atoms with Crippen LogP contribution in [-0.2, 0) is 25.8 Å². The SMILES string of the molecule is Cc1nc(N2CCc3nc(CCc4ccccc4)nn3CC2)c2c(C)noc2n1. The molecule has 0 aliphatic carbocycles. The maximum Gasteiger partial charge on any atom is 0.263 e. The second kappa shape index (κ2) is 7.27. The third-order valence-electron chi connectivity index (χ3n) is 5.36. The molecule has 4 heterocycles. The zero-order valence-corrected chi connectivity index (χ0v) is 16.7. The second-order valence-electron chi connectivity index (χ2n) is 7.43. The van der Waals surface area contributed by atoms with Gasteiger partial charge in [0.15, 0.2) is 5.82 Å². The third kappa shape index (κ3) is 3.46. The molecular formula is C21H23N7O. The van der Waals surface area contributed by atoms with Crippen molar-refractivity contribution in [3.63, 3.8) is 0 Å². The first kappa shape index (κ1) is 17.8. The van der Waals surface area contributed by atoms with Crippen LogP contribution >= 0.6 is 0 Å². The highest BCUT2D eigenvalue weighted by molar-refractivity contribution is 5.88. The van der Waals surface area contributed by atoms with Crippen LogP contribution in [0.25, 0.3) is 11.1 Å². The van der Waals surface area contributed by atoms with E-state index >= 15 is 0 Å². The molecule has 0 saturated heterocycles. The molecule has 1 aromatic carbocycles. The number of benzene rings is 1. The number of aromatic nitrogens is 6. The van der Waals surface area contributed by atoms with Gasteiger partial charge in [-0.25, -0.2) is 14.6 Å². The van der Waals surface area contributed by atoms with Crippen molar-refractivity contribution in [2.45, 2.75) is 39.7 Å². The highest BCUT2D eigenvalue weighted by atomic mass is 16.5. The van der Waals surface area contributed by atoms with Gasteiger partial charge in [0.25, 0.3) is 5.71 Å². The molecule has 29 heavy (non-hydrogen) atoms. The quantitative estimate of drug-likeness (QED) is 0.530. The lowest BCUT2D eigenvalue weighted by Gasteiger charge is -2.21. The summed E-state index contributed by atoms with van der Waals surface area (Å²) in [7, 11) is 0. The average Bonchev–Trinajstić information content (AvgIpc) is 3.24. The number of aryl methyl sites for hydroxylation is 4. The Morgan fingerprint density at radius 1 is 0.966 bits per heavy atom. The number of rotatable bonds is 4. The lowest BCUT2D eigenvalue weighted by Crippen LogP contribution is -2.28. The molecular weight excluding hydrogens is 366 g/mol. The molecule has 0 spiro atoms. The van der Waals surface area contributed by atoms with Crippen molar-refractivity contribution in [3.8, 4) is 0 Å². The Morgan fingerprint density at radius 3 is 2.69 bits per heavy atom. The minimum Gasteiger partial charge on any atom is -0.354 e. The zero-order valence-electron chi connectivity index (χ0n) is 16.7. The molecule has 1 aliphatic rings. The van der Waals surface area contributed by atoms with Crippen LogP contribution in [0.4, 0.5) is 5.82 Å². The summed E-state index contributed by atoms with van der Waals surface area (Å²) in [6, 6.07) is 10.5. The number of fused-ring (bicyclic) bond motifs is 2. The van der Waals surface area contributed by atoms with Gasteiger partial charge in [-0.3, -0.25) is 0 Å². The smallest absolute Gasteiger partial charge is 0.263 e. The van der Waals surface area contributed by atoms with Gasteiger partial charge < -0.3 is 9.42 Å². The summed E-state index contributed by atoms with van der Waals surface area (Å²) in [5.41, 5.74) is 2.68. The molecule has 0 amide bonds. The molecule has 0 fully saturated rings. The summed E-state index contributed by atoms with van der Waals surface area (Å²) in [6.45, 7) is 6.22. The van der Waals surface area contributed by atoms with Crippen LogP contribution in [0.1, 0.15) is 28.7 Å². The van der Waals surface area contributed by atoms with Gasteiger partial charge in [-0.2, -0.15) is 10.1 Å². The summed E-state index contributed by atoms with van der Waals surface area (Å²) in [6.07, 6.45) is 2.65. The third-order valence-corrected chi connectivity index (χ3v) is 5.36. The van der Waals surface area contributed by atoms with Crippen molar-refractivity contribution in [1.29, 1.82) is 0 Å². The molecule has 1 aliphatic heterocycles. The van der Waals surface area contributed by atoms with Gasteiger partial charge >= 0.3 is 0 Å². The van der Waals surface area contributed by atoms with E-state index in [-0.39, 0.29) is 0 Å². The predicted octanol–water partition coefficient (Wildman–Crippen LogP) is 2.67. The Hall–Kier alpha value is -3.29. The van der Waals surface area contributed by atoms with Gasteiger partial charge in [0, 0.05) is 25.9 Å². The Morgan fingerprint density at radius 2 is 1.83 bits per heavy atom. The van der Waals surface area contributed by atoms with E-state index in [1.165, 1.54) is 5.56 Å². The molecule has 0 bridgehead atoms. The van der Waals surface area contributed by atoms with Crippen LogP contribution in [0.15, 0.2) is 34.9 Å². The van der Waals surface area contributed by atoms with E-state index < -0.39 is 0 Å². The van der Waals surface area contributed by atoms with Gasteiger partial charge in [-0.15, -0.1) is 0 Å². The fraction of sp³-hybridized carbons (Fsp3) is 0.381. The summed E-state index contributed by atoms with van der Waals surface area (Å²) in [4.78, 5) is 16.1. The van der Waals surface area contributed by atoms with Crippen molar-refractivity contribution < 1.29 is 4.52 Å². The van der Waals surface area contributed by atoms with Crippen LogP contribution in [0.2, 0.25) is 0 Å². The van der Waals surface area contributed by atoms with E-state index in [1.807, 2.05) is 24.6 Å². The summed E-state index contributed by atoms with van der Waals surface area (Å²) in [5.74, 6) is 3.54. The van der Waals surface area contributed by atoms with Gasteiger partial charge in [0.05, 0.1) is 12.2 Å². The lowest BCUT2D eigenvalue weighted by molar-refractivity contribution is 0.442. The summed E-state index contributed by atoms with van der Waals surface area (Å²) in [5, 5.41) is 9.72. The van der Waals surface area contributed by atoms with Crippen molar-refractivity contribution in [3.05, 3.63) is 59.1 Å². The minimum absolute atomic E-state index is 0.549. The maximum absolute atomic E-state index is 5.36. The van der Waals surface area contributed by atoms with E-state index in [0.29, 0.717) is 11.5 Å². The fourth-order valence-corrected chi connectivity index (χ4v) is 3.87. The van der Waals surface area contributed by atoms with Gasteiger partial charge in [-0.1, -0.05) is 35.5 Å². The van der Waals surface area contributed by atoms with E-state index in [9.17, 15) is 0 Å².